The van der Waals surface area contributed by atoms with Gasteiger partial charge in [-0.15, -0.1) is 17.0 Å². The molecule has 3 N–H and O–H groups in total. The molecular weight excluding hydrogens is 190 g/mol. The summed E-state index contributed by atoms with van der Waals surface area (Å²) in [6.45, 7) is 0. The first kappa shape index (κ1) is 8.25. The average Bonchev–Trinajstić information content (AvgIpc) is 2.12. The lowest BCUT2D eigenvalue weighted by atomic mass is 10.9. The molecule has 0 aromatic rings. The predicted octanol–water partition coefficient (Wildman–Crippen LogP) is -0.134. The Morgan fingerprint density at radius 1 is 1.78 bits per heavy atom. The smallest absolute Gasteiger partial charge is 0.335 e. The van der Waals surface area contributed by atoms with Crippen LogP contribution in [0, 0.1) is 0 Å². The van der Waals surface area contributed by atoms with Gasteiger partial charge in [-0.05, 0) is 0 Å². The summed E-state index contributed by atoms with van der Waals surface area (Å²) < 4.78 is 0. The number of carbonyl (C=O) groups is 1. The molecule has 0 aliphatic carbocycles. The Kier molecular flexibility index (Phi) is 3.03. The molecule has 0 bridgehead atoms. The third kappa shape index (κ3) is 1.90. The van der Waals surface area contributed by atoms with Gasteiger partial charge in [-0.25, -0.2) is 4.79 Å². The molecule has 1 rings (SSSR count). The van der Waals surface area contributed by atoms with Crippen molar-refractivity contribution in [1.29, 1.82) is 0 Å². The number of nitrogens with one attached hydrogen (secondary N) is 1. The predicted molar refractivity (Wildman–Crippen MR) is 35.1 cm³/mol. The van der Waals surface area contributed by atoms with Gasteiger partial charge in [0.05, 0.1) is 6.20 Å². The van der Waals surface area contributed by atoms with Crippen molar-refractivity contribution in [1.82, 2.24) is 10.6 Å². The van der Waals surface area contributed by atoms with Crippen molar-refractivity contribution in [3.63, 3.8) is 0 Å². The molecule has 6 heteroatoms. The number of halogens is 1. The number of carbonyl (C=O) groups excluding carboxylic acids is 1. The first-order valence-corrected chi connectivity index (χ1v) is 1.97. The standard InChI is InChI=1S/C3H5N3O2.BrH/c4-3(7)6-1-2-8-5-6;/h1-2,5H,(H2,4,7);1H. The zero-order valence-electron chi connectivity index (χ0n) is 4.40. The molecule has 0 unspecified atom stereocenters. The zero-order chi connectivity index (χ0) is 5.98. The Morgan fingerprint density at radius 2 is 2.44 bits per heavy atom. The van der Waals surface area contributed by atoms with Gasteiger partial charge in [0.25, 0.3) is 0 Å². The molecule has 2 amide bonds. The van der Waals surface area contributed by atoms with E-state index in [1.165, 1.54) is 12.5 Å². The summed E-state index contributed by atoms with van der Waals surface area (Å²) in [4.78, 5) is 14.6. The second kappa shape index (κ2) is 3.31. The van der Waals surface area contributed by atoms with Crippen molar-refractivity contribution < 1.29 is 9.63 Å². The van der Waals surface area contributed by atoms with Crippen LogP contribution in [0.15, 0.2) is 12.5 Å². The largest absolute Gasteiger partial charge is 0.395 e. The fourth-order valence-electron chi connectivity index (χ4n) is 0.327. The first-order valence-electron chi connectivity index (χ1n) is 1.97. The monoisotopic (exact) mass is 195 g/mol. The minimum absolute atomic E-state index is 0. The van der Waals surface area contributed by atoms with Crippen LogP contribution in [0.4, 0.5) is 4.79 Å². The fourth-order valence-corrected chi connectivity index (χ4v) is 0.327. The highest BCUT2D eigenvalue weighted by atomic mass is 79.9. The van der Waals surface area contributed by atoms with Crippen LogP contribution in [0.1, 0.15) is 0 Å². The van der Waals surface area contributed by atoms with Gasteiger partial charge in [-0.3, -0.25) is 0 Å². The number of urea groups is 1. The number of primary amides is 1. The summed E-state index contributed by atoms with van der Waals surface area (Å²) in [7, 11) is 0. The molecule has 0 aromatic heterocycles. The maximum Gasteiger partial charge on any atom is 0.335 e. The Bertz CT molecular complexity index is 137. The quantitative estimate of drug-likeness (QED) is 0.566. The lowest BCUT2D eigenvalue weighted by Gasteiger charge is -2.05. The average molecular weight is 196 g/mol. The maximum absolute atomic E-state index is 10.2. The zero-order valence-corrected chi connectivity index (χ0v) is 6.12. The van der Waals surface area contributed by atoms with Crippen molar-refractivity contribution in [2.24, 2.45) is 5.73 Å². The van der Waals surface area contributed by atoms with E-state index in [-0.39, 0.29) is 17.0 Å². The van der Waals surface area contributed by atoms with Crippen LogP contribution in [0.2, 0.25) is 0 Å². The molecule has 0 atom stereocenters. The molecule has 1 aliphatic rings. The van der Waals surface area contributed by atoms with Crippen molar-refractivity contribution in [3.05, 3.63) is 12.5 Å². The summed E-state index contributed by atoms with van der Waals surface area (Å²) >= 11 is 0. The molecule has 1 aliphatic heterocycles. The second-order valence-corrected chi connectivity index (χ2v) is 1.20. The van der Waals surface area contributed by atoms with Gasteiger partial charge in [0.15, 0.2) is 0 Å². The SMILES string of the molecule is Br.NC(=O)N1C=CON1. The van der Waals surface area contributed by atoms with Gasteiger partial charge in [-0.2, -0.15) is 5.01 Å². The number of hydrazine groups is 1. The Balaban J connectivity index is 0.000000640. The first-order chi connectivity index (χ1) is 3.80. The van der Waals surface area contributed by atoms with Gasteiger partial charge in [0.2, 0.25) is 0 Å². The van der Waals surface area contributed by atoms with E-state index in [0.29, 0.717) is 0 Å². The van der Waals surface area contributed by atoms with Gasteiger partial charge in [0, 0.05) is 0 Å². The number of nitrogens with two attached hydrogens (primary N) is 1. The van der Waals surface area contributed by atoms with Crippen LogP contribution in [0.25, 0.3) is 0 Å². The summed E-state index contributed by atoms with van der Waals surface area (Å²) in [5.41, 5.74) is 6.99. The molecule has 0 fully saturated rings. The molecule has 0 saturated carbocycles. The summed E-state index contributed by atoms with van der Waals surface area (Å²) in [5, 5.41) is 1.01. The molecule has 0 radical (unpaired) electrons. The summed E-state index contributed by atoms with van der Waals surface area (Å²) in [6, 6.07) is -0.598. The molecule has 0 spiro atoms. The summed E-state index contributed by atoms with van der Waals surface area (Å²) in [5.74, 6) is 0. The lowest BCUT2D eigenvalue weighted by molar-refractivity contribution is 0.0590. The highest BCUT2D eigenvalue weighted by Crippen LogP contribution is 1.91. The number of rotatable bonds is 0. The molecule has 0 saturated heterocycles. The second-order valence-electron chi connectivity index (χ2n) is 1.20. The van der Waals surface area contributed by atoms with Crippen LogP contribution in [0.3, 0.4) is 0 Å². The number of hydrogen-bond acceptors (Lipinski definition) is 3. The molecule has 52 valence electrons. The van der Waals surface area contributed by atoms with E-state index in [4.69, 9.17) is 5.73 Å². The van der Waals surface area contributed by atoms with Crippen LogP contribution < -0.4 is 11.3 Å². The number of amides is 2. The maximum atomic E-state index is 10.2. The van der Waals surface area contributed by atoms with Crippen LogP contribution in [0.5, 0.6) is 0 Å². The normalized spacial score (nSPS) is 14.4. The fraction of sp³-hybridized carbons (Fsp3) is 0. The highest BCUT2D eigenvalue weighted by Gasteiger charge is 2.08. The molecule has 9 heavy (non-hydrogen) atoms. The minimum Gasteiger partial charge on any atom is -0.395 e. The minimum atomic E-state index is -0.598. The lowest BCUT2D eigenvalue weighted by Crippen LogP contribution is -2.37. The van der Waals surface area contributed by atoms with E-state index >= 15 is 0 Å². The summed E-state index contributed by atoms with van der Waals surface area (Å²) in [6.07, 6.45) is 2.69. The number of hydrogen-bond donors (Lipinski definition) is 2. The van der Waals surface area contributed by atoms with E-state index in [9.17, 15) is 4.79 Å². The Morgan fingerprint density at radius 3 is 2.67 bits per heavy atom. The van der Waals surface area contributed by atoms with Crippen molar-refractivity contribution >= 4 is 23.0 Å². The van der Waals surface area contributed by atoms with E-state index in [1.807, 2.05) is 0 Å². The highest BCUT2D eigenvalue weighted by molar-refractivity contribution is 8.93. The number of nitrogens with zero attached hydrogens (tertiary/aromatic N) is 1. The van der Waals surface area contributed by atoms with E-state index in [1.54, 1.807) is 0 Å². The van der Waals surface area contributed by atoms with Gasteiger partial charge >= 0.3 is 6.03 Å². The molecule has 0 aromatic carbocycles. The third-order valence-electron chi connectivity index (χ3n) is 0.666. The molecular formula is C3H6BrN3O2. The van der Waals surface area contributed by atoms with Gasteiger partial charge in [0.1, 0.15) is 6.26 Å². The van der Waals surface area contributed by atoms with Crippen molar-refractivity contribution in [2.75, 3.05) is 0 Å². The van der Waals surface area contributed by atoms with Gasteiger partial charge in [-0.1, -0.05) is 5.59 Å². The molecule has 1 heterocycles. The third-order valence-corrected chi connectivity index (χ3v) is 0.666. The van der Waals surface area contributed by atoms with E-state index in [0.717, 1.165) is 5.01 Å². The van der Waals surface area contributed by atoms with Crippen molar-refractivity contribution in [3.8, 4) is 0 Å². The molecule has 5 nitrogen and oxygen atoms in total. The van der Waals surface area contributed by atoms with Gasteiger partial charge < -0.3 is 10.6 Å². The van der Waals surface area contributed by atoms with E-state index < -0.39 is 6.03 Å². The van der Waals surface area contributed by atoms with Crippen LogP contribution in [-0.2, 0) is 4.84 Å². The van der Waals surface area contributed by atoms with Crippen molar-refractivity contribution in [2.45, 2.75) is 0 Å². The van der Waals surface area contributed by atoms with Crippen LogP contribution >= 0.6 is 17.0 Å². The Labute approximate surface area is 62.1 Å². The van der Waals surface area contributed by atoms with E-state index in [2.05, 4.69) is 10.4 Å². The Hall–Kier alpha value is -0.750. The topological polar surface area (TPSA) is 67.6 Å². The van der Waals surface area contributed by atoms with Crippen LogP contribution in [-0.4, -0.2) is 11.0 Å².